The smallest absolute Gasteiger partial charge is 0.183 e. The van der Waals surface area contributed by atoms with Gasteiger partial charge >= 0.3 is 0 Å². The summed E-state index contributed by atoms with van der Waals surface area (Å²) in [6.07, 6.45) is 2.53. The van der Waals surface area contributed by atoms with Gasteiger partial charge in [-0.1, -0.05) is 18.2 Å². The summed E-state index contributed by atoms with van der Waals surface area (Å²) in [5.74, 6) is 1.02. The number of ether oxygens (including phenoxy) is 2. The molecule has 0 saturated carbocycles. The van der Waals surface area contributed by atoms with E-state index < -0.39 is 0 Å². The van der Waals surface area contributed by atoms with E-state index in [1.54, 1.807) is 14.2 Å². The molecule has 0 saturated heterocycles. The second kappa shape index (κ2) is 8.04. The summed E-state index contributed by atoms with van der Waals surface area (Å²) in [4.78, 5) is 5.57. The second-order valence-corrected chi connectivity index (χ2v) is 5.46. The zero-order valence-electron chi connectivity index (χ0n) is 11.8. The van der Waals surface area contributed by atoms with E-state index in [1.165, 1.54) is 4.90 Å². The van der Waals surface area contributed by atoms with Crippen molar-refractivity contribution in [1.29, 1.82) is 0 Å². The molecular formula is C16H19NO2S. The number of benzene rings is 1. The third kappa shape index (κ3) is 4.34. The Balaban J connectivity index is 1.85. The van der Waals surface area contributed by atoms with Crippen molar-refractivity contribution in [2.45, 2.75) is 17.6 Å². The molecule has 0 aliphatic rings. The molecule has 0 aliphatic heterocycles. The lowest BCUT2D eigenvalue weighted by atomic mass is 10.2. The van der Waals surface area contributed by atoms with Gasteiger partial charge in [0.05, 0.1) is 0 Å². The van der Waals surface area contributed by atoms with E-state index in [-0.39, 0.29) is 6.29 Å². The Morgan fingerprint density at radius 1 is 1.05 bits per heavy atom. The topological polar surface area (TPSA) is 31.4 Å². The average molecular weight is 289 g/mol. The highest BCUT2D eigenvalue weighted by molar-refractivity contribution is 7.99. The standard InChI is InChI=1S/C16H19NO2S/c1-18-16(19-2)13-6-8-15(9-7-13)20-12-10-14-5-3-4-11-17-14/h3-9,11,16H,10,12H2,1-2H3. The molecular weight excluding hydrogens is 270 g/mol. The number of aromatic nitrogens is 1. The number of hydrogen-bond donors (Lipinski definition) is 0. The minimum Gasteiger partial charge on any atom is -0.352 e. The highest BCUT2D eigenvalue weighted by Crippen LogP contribution is 2.23. The van der Waals surface area contributed by atoms with Crippen LogP contribution in [-0.2, 0) is 15.9 Å². The Kier molecular flexibility index (Phi) is 6.05. The maximum absolute atomic E-state index is 5.23. The van der Waals surface area contributed by atoms with Crippen LogP contribution in [0.2, 0.25) is 0 Å². The lowest BCUT2D eigenvalue weighted by Gasteiger charge is -2.13. The first-order valence-corrected chi connectivity index (χ1v) is 7.50. The summed E-state index contributed by atoms with van der Waals surface area (Å²) < 4.78 is 10.5. The van der Waals surface area contributed by atoms with Gasteiger partial charge in [-0.05, 0) is 30.7 Å². The number of nitrogens with zero attached hydrogens (tertiary/aromatic N) is 1. The zero-order valence-corrected chi connectivity index (χ0v) is 12.6. The predicted octanol–water partition coefficient (Wildman–Crippen LogP) is 3.71. The zero-order chi connectivity index (χ0) is 14.2. The molecule has 0 unspecified atom stereocenters. The van der Waals surface area contributed by atoms with E-state index in [0.717, 1.165) is 23.4 Å². The van der Waals surface area contributed by atoms with E-state index in [9.17, 15) is 0 Å². The molecule has 0 N–H and O–H groups in total. The molecule has 3 nitrogen and oxygen atoms in total. The molecule has 0 spiro atoms. The molecule has 1 heterocycles. The molecule has 4 heteroatoms. The van der Waals surface area contributed by atoms with Crippen LogP contribution >= 0.6 is 11.8 Å². The fourth-order valence-corrected chi connectivity index (χ4v) is 2.78. The molecule has 106 valence electrons. The fourth-order valence-electron chi connectivity index (χ4n) is 1.91. The number of hydrogen-bond acceptors (Lipinski definition) is 4. The normalized spacial score (nSPS) is 10.9. The molecule has 0 aliphatic carbocycles. The van der Waals surface area contributed by atoms with Crippen LogP contribution in [0, 0.1) is 0 Å². The van der Waals surface area contributed by atoms with E-state index in [4.69, 9.17) is 9.47 Å². The largest absolute Gasteiger partial charge is 0.352 e. The van der Waals surface area contributed by atoms with Crippen LogP contribution < -0.4 is 0 Å². The highest BCUT2D eigenvalue weighted by atomic mass is 32.2. The maximum atomic E-state index is 5.23. The first-order chi connectivity index (χ1) is 9.83. The summed E-state index contributed by atoms with van der Waals surface area (Å²) in [5, 5.41) is 0. The maximum Gasteiger partial charge on any atom is 0.183 e. The van der Waals surface area contributed by atoms with Crippen molar-refractivity contribution in [2.24, 2.45) is 0 Å². The predicted molar refractivity (Wildman–Crippen MR) is 81.9 cm³/mol. The van der Waals surface area contributed by atoms with Crippen LogP contribution in [-0.4, -0.2) is 25.0 Å². The second-order valence-electron chi connectivity index (χ2n) is 4.29. The molecule has 0 atom stereocenters. The van der Waals surface area contributed by atoms with Crippen molar-refractivity contribution in [1.82, 2.24) is 4.98 Å². The number of pyridine rings is 1. The van der Waals surface area contributed by atoms with Gasteiger partial charge in [0.1, 0.15) is 0 Å². The summed E-state index contributed by atoms with van der Waals surface area (Å²) in [7, 11) is 3.29. The molecule has 0 radical (unpaired) electrons. The molecule has 0 amide bonds. The first kappa shape index (κ1) is 15.0. The lowest BCUT2D eigenvalue weighted by molar-refractivity contribution is -0.106. The summed E-state index contributed by atoms with van der Waals surface area (Å²) in [6, 6.07) is 14.3. The molecule has 0 bridgehead atoms. The summed E-state index contributed by atoms with van der Waals surface area (Å²) in [5.41, 5.74) is 2.17. The Bertz CT molecular complexity index is 498. The SMILES string of the molecule is COC(OC)c1ccc(SCCc2ccccn2)cc1. The third-order valence-electron chi connectivity index (χ3n) is 2.93. The van der Waals surface area contributed by atoms with E-state index in [1.807, 2.05) is 42.2 Å². The van der Waals surface area contributed by atoms with Crippen LogP contribution in [0.25, 0.3) is 0 Å². The van der Waals surface area contributed by atoms with Gasteiger partial charge in [0.15, 0.2) is 6.29 Å². The van der Waals surface area contributed by atoms with Gasteiger partial charge in [-0.25, -0.2) is 0 Å². The van der Waals surface area contributed by atoms with Gasteiger partial charge in [0.25, 0.3) is 0 Å². The summed E-state index contributed by atoms with van der Waals surface area (Å²) in [6.45, 7) is 0. The average Bonchev–Trinajstić information content (AvgIpc) is 2.51. The van der Waals surface area contributed by atoms with Crippen molar-refractivity contribution in [3.8, 4) is 0 Å². The minimum absolute atomic E-state index is 0.289. The summed E-state index contributed by atoms with van der Waals surface area (Å²) >= 11 is 1.83. The van der Waals surface area contributed by atoms with Gasteiger partial charge < -0.3 is 9.47 Å². The van der Waals surface area contributed by atoms with Crippen molar-refractivity contribution < 1.29 is 9.47 Å². The number of thioether (sulfide) groups is 1. The Labute approximate surface area is 124 Å². The lowest BCUT2D eigenvalue weighted by Crippen LogP contribution is -2.03. The Hall–Kier alpha value is -1.36. The van der Waals surface area contributed by atoms with Crippen molar-refractivity contribution in [3.05, 3.63) is 59.9 Å². The Morgan fingerprint density at radius 3 is 2.40 bits per heavy atom. The quantitative estimate of drug-likeness (QED) is 0.574. The third-order valence-corrected chi connectivity index (χ3v) is 3.95. The van der Waals surface area contributed by atoms with Crippen LogP contribution in [0.15, 0.2) is 53.6 Å². The highest BCUT2D eigenvalue weighted by Gasteiger charge is 2.08. The van der Waals surface area contributed by atoms with Crippen LogP contribution in [0.3, 0.4) is 0 Å². The van der Waals surface area contributed by atoms with Crippen molar-refractivity contribution in [3.63, 3.8) is 0 Å². The Morgan fingerprint density at radius 2 is 1.80 bits per heavy atom. The van der Waals surface area contributed by atoms with Gasteiger partial charge in [0.2, 0.25) is 0 Å². The molecule has 0 fully saturated rings. The van der Waals surface area contributed by atoms with Gasteiger partial charge in [-0.3, -0.25) is 4.98 Å². The fraction of sp³-hybridized carbons (Fsp3) is 0.312. The monoisotopic (exact) mass is 289 g/mol. The van der Waals surface area contributed by atoms with Crippen LogP contribution in [0.5, 0.6) is 0 Å². The van der Waals surface area contributed by atoms with E-state index >= 15 is 0 Å². The number of aryl methyl sites for hydroxylation is 1. The number of methoxy groups -OCH3 is 2. The van der Waals surface area contributed by atoms with Crippen molar-refractivity contribution >= 4 is 11.8 Å². The van der Waals surface area contributed by atoms with Crippen LogP contribution in [0.1, 0.15) is 17.5 Å². The molecule has 2 rings (SSSR count). The van der Waals surface area contributed by atoms with Crippen molar-refractivity contribution in [2.75, 3.05) is 20.0 Å². The molecule has 2 aromatic rings. The van der Waals surface area contributed by atoms with E-state index in [0.29, 0.717) is 0 Å². The number of rotatable bonds is 7. The first-order valence-electron chi connectivity index (χ1n) is 6.51. The molecule has 1 aromatic heterocycles. The van der Waals surface area contributed by atoms with Crippen LogP contribution in [0.4, 0.5) is 0 Å². The minimum atomic E-state index is -0.289. The van der Waals surface area contributed by atoms with E-state index in [2.05, 4.69) is 23.2 Å². The molecule has 1 aromatic carbocycles. The molecule has 20 heavy (non-hydrogen) atoms. The van der Waals surface area contributed by atoms with Gasteiger partial charge in [-0.15, -0.1) is 11.8 Å². The van der Waals surface area contributed by atoms with Gasteiger partial charge in [-0.2, -0.15) is 0 Å². The van der Waals surface area contributed by atoms with Gasteiger partial charge in [0, 0.05) is 42.3 Å².